The van der Waals surface area contributed by atoms with E-state index in [1.165, 1.54) is 6.07 Å². The number of nitrogens with zero attached hydrogens (tertiary/aromatic N) is 3. The molecule has 0 aliphatic carbocycles. The zero-order valence-corrected chi connectivity index (χ0v) is 24.3. The van der Waals surface area contributed by atoms with E-state index in [-0.39, 0.29) is 53.5 Å². The third-order valence-electron chi connectivity index (χ3n) is 7.76. The van der Waals surface area contributed by atoms with Crippen LogP contribution in [0.25, 0.3) is 0 Å². The first kappa shape index (κ1) is 30.6. The van der Waals surface area contributed by atoms with Crippen LogP contribution in [0, 0.1) is 0 Å². The number of carbonyl (C=O) groups is 3. The minimum Gasteiger partial charge on any atom is -0.508 e. The molecule has 2 heterocycles. The van der Waals surface area contributed by atoms with E-state index in [0.29, 0.717) is 51.4 Å². The third kappa shape index (κ3) is 7.67. The Kier molecular flexibility index (Phi) is 9.41. The Balaban J connectivity index is 1.29. The molecule has 222 valence electrons. The van der Waals surface area contributed by atoms with Gasteiger partial charge < -0.3 is 30.0 Å². The molecular weight excluding hydrogens is 549 g/mol. The van der Waals surface area contributed by atoms with Crippen LogP contribution in [0.3, 0.4) is 0 Å². The average molecular weight is 588 g/mol. The second-order valence-electron chi connectivity index (χ2n) is 11.2. The molecule has 2 aromatic rings. The van der Waals surface area contributed by atoms with E-state index in [9.17, 15) is 34.1 Å². The molecule has 0 radical (unpaired) electrons. The summed E-state index contributed by atoms with van der Waals surface area (Å²) in [7, 11) is -3.64. The highest BCUT2D eigenvalue weighted by Gasteiger charge is 2.29. The molecule has 2 aromatic carbocycles. The molecule has 4 rings (SSSR count). The summed E-state index contributed by atoms with van der Waals surface area (Å²) in [5.41, 5.74) is 3.96. The lowest BCUT2D eigenvalue weighted by atomic mass is 9.98. The van der Waals surface area contributed by atoms with Crippen LogP contribution < -0.4 is 0 Å². The fraction of sp³-hybridized carbons (Fsp3) is 0.483. The molecule has 0 bridgehead atoms. The summed E-state index contributed by atoms with van der Waals surface area (Å²) in [6.07, 6.45) is -0.999. The van der Waals surface area contributed by atoms with E-state index in [1.807, 2.05) is 26.0 Å². The van der Waals surface area contributed by atoms with Gasteiger partial charge in [-0.15, -0.1) is 0 Å². The lowest BCUT2D eigenvalue weighted by Crippen LogP contribution is -2.48. The highest BCUT2D eigenvalue weighted by Crippen LogP contribution is 2.41. The lowest BCUT2D eigenvalue weighted by molar-refractivity contribution is -0.136. The van der Waals surface area contributed by atoms with E-state index in [2.05, 4.69) is 11.0 Å². The Morgan fingerprint density at radius 1 is 0.878 bits per heavy atom. The van der Waals surface area contributed by atoms with Gasteiger partial charge in [-0.3, -0.25) is 23.8 Å². The van der Waals surface area contributed by atoms with E-state index in [0.717, 1.165) is 16.7 Å². The molecule has 1 unspecified atom stereocenters. The zero-order valence-electron chi connectivity index (χ0n) is 23.5. The van der Waals surface area contributed by atoms with Crippen molar-refractivity contribution < 1.29 is 39.2 Å². The summed E-state index contributed by atoms with van der Waals surface area (Å²) in [6, 6.07) is 8.94. The summed E-state index contributed by atoms with van der Waals surface area (Å²) in [5.74, 6) is -1.90. The van der Waals surface area contributed by atoms with Gasteiger partial charge in [0.05, 0.1) is 12.0 Å². The molecule has 2 aliphatic rings. The molecule has 0 saturated carbocycles. The van der Waals surface area contributed by atoms with Crippen molar-refractivity contribution in [1.29, 1.82) is 0 Å². The van der Waals surface area contributed by atoms with Crippen molar-refractivity contribution in [2.75, 3.05) is 38.5 Å². The van der Waals surface area contributed by atoms with Gasteiger partial charge in [-0.2, -0.15) is 0 Å². The molecule has 12 heteroatoms. The number of carboxylic acids is 1. The second kappa shape index (κ2) is 12.6. The van der Waals surface area contributed by atoms with Crippen molar-refractivity contribution in [2.24, 2.45) is 0 Å². The van der Waals surface area contributed by atoms with Gasteiger partial charge in [0, 0.05) is 70.6 Å². The molecule has 0 aromatic heterocycles. The number of piperazine rings is 1. The lowest BCUT2D eigenvalue weighted by Gasteiger charge is -2.35. The quantitative estimate of drug-likeness (QED) is 0.306. The number of carboxylic acid groups (broad SMARTS) is 1. The minimum atomic E-state index is -3.64. The molecule has 4 N–H and O–H groups in total. The van der Waals surface area contributed by atoms with Crippen LogP contribution in [0.15, 0.2) is 30.3 Å². The molecule has 41 heavy (non-hydrogen) atoms. The topological polar surface area (TPSA) is 159 Å². The minimum absolute atomic E-state index is 0.00455. The number of benzene rings is 2. The van der Waals surface area contributed by atoms with Gasteiger partial charge in [-0.25, -0.2) is 0 Å². The fourth-order valence-electron chi connectivity index (χ4n) is 5.31. The first-order chi connectivity index (χ1) is 19.3. The number of aromatic hydroxyl groups is 2. The van der Waals surface area contributed by atoms with Crippen LogP contribution >= 0.6 is 7.37 Å². The number of phenolic OH excluding ortho intramolecular Hbond substituents is 2. The molecule has 0 spiro atoms. The maximum absolute atomic E-state index is 13.3. The Morgan fingerprint density at radius 2 is 1.54 bits per heavy atom. The smallest absolute Gasteiger partial charge is 0.303 e. The maximum atomic E-state index is 13.3. The van der Waals surface area contributed by atoms with Gasteiger partial charge in [0.2, 0.25) is 13.3 Å². The zero-order chi connectivity index (χ0) is 29.9. The van der Waals surface area contributed by atoms with Crippen LogP contribution in [0.1, 0.15) is 65.2 Å². The van der Waals surface area contributed by atoms with Crippen molar-refractivity contribution in [2.45, 2.75) is 52.2 Å². The highest BCUT2D eigenvalue weighted by atomic mass is 31.2. The average Bonchev–Trinajstić information content (AvgIpc) is 3.34. The van der Waals surface area contributed by atoms with Gasteiger partial charge in [-0.05, 0) is 34.2 Å². The van der Waals surface area contributed by atoms with Gasteiger partial charge >= 0.3 is 5.97 Å². The van der Waals surface area contributed by atoms with E-state index < -0.39 is 19.8 Å². The normalized spacial score (nSPS) is 17.0. The van der Waals surface area contributed by atoms with Gasteiger partial charge in [-0.1, -0.05) is 32.0 Å². The summed E-state index contributed by atoms with van der Waals surface area (Å²) in [4.78, 5) is 52.0. The number of phenols is 2. The van der Waals surface area contributed by atoms with Crippen molar-refractivity contribution in [1.82, 2.24) is 14.7 Å². The van der Waals surface area contributed by atoms with E-state index in [4.69, 9.17) is 5.11 Å². The van der Waals surface area contributed by atoms with Crippen LogP contribution in [-0.2, 0) is 33.8 Å². The van der Waals surface area contributed by atoms with Crippen molar-refractivity contribution in [3.8, 4) is 11.5 Å². The molecule has 2 amide bonds. The molecule has 1 saturated heterocycles. The van der Waals surface area contributed by atoms with Crippen LogP contribution in [-0.4, -0.2) is 91.2 Å². The Morgan fingerprint density at radius 3 is 2.20 bits per heavy atom. The Labute approximate surface area is 239 Å². The molecule has 1 atom stereocenters. The van der Waals surface area contributed by atoms with Crippen molar-refractivity contribution >= 4 is 25.2 Å². The molecular formula is C29H38N3O8P. The van der Waals surface area contributed by atoms with Crippen LogP contribution in [0.4, 0.5) is 0 Å². The van der Waals surface area contributed by atoms with Gasteiger partial charge in [0.1, 0.15) is 11.5 Å². The fourth-order valence-corrected chi connectivity index (χ4v) is 6.62. The predicted octanol–water partition coefficient (Wildman–Crippen LogP) is 3.16. The van der Waals surface area contributed by atoms with Gasteiger partial charge in [0.15, 0.2) is 0 Å². The van der Waals surface area contributed by atoms with Crippen LogP contribution in [0.2, 0.25) is 0 Å². The number of rotatable bonds is 10. The number of amides is 2. The Hall–Kier alpha value is -3.40. The highest BCUT2D eigenvalue weighted by molar-refractivity contribution is 7.58. The first-order valence-corrected chi connectivity index (χ1v) is 15.8. The van der Waals surface area contributed by atoms with Gasteiger partial charge in [0.25, 0.3) is 5.91 Å². The van der Waals surface area contributed by atoms with Crippen LogP contribution in [0.5, 0.6) is 11.5 Å². The number of carbonyl (C=O) groups excluding carboxylic acids is 2. The summed E-state index contributed by atoms with van der Waals surface area (Å²) < 4.78 is 12.1. The Bertz CT molecular complexity index is 1370. The standard InChI is InChI=1S/C29H38N3O8P/c1-19(2)23-14-24(26(34)15-25(23)33)29(38)32-17-21-4-3-20(13-22(21)18-32)16-30-7-9-31(10-8-30)27(35)5-11-41(39,40)12-6-28(36)37/h3-4,13-15,19,33-34H,5-12,16-18H2,1-2H3,(H,36,37)(H,39,40). The summed E-state index contributed by atoms with van der Waals surface area (Å²) >= 11 is 0. The monoisotopic (exact) mass is 587 g/mol. The van der Waals surface area contributed by atoms with Crippen molar-refractivity contribution in [3.63, 3.8) is 0 Å². The first-order valence-electron chi connectivity index (χ1n) is 13.8. The SMILES string of the molecule is CC(C)c1cc(C(=O)N2Cc3ccc(CN4CCN(C(=O)CCP(=O)(O)CCC(=O)O)CC4)cc3C2)c(O)cc1O. The largest absolute Gasteiger partial charge is 0.508 e. The third-order valence-corrected chi connectivity index (χ3v) is 9.60. The van der Waals surface area contributed by atoms with E-state index >= 15 is 0 Å². The molecule has 11 nitrogen and oxygen atoms in total. The number of aliphatic carboxylic acids is 1. The van der Waals surface area contributed by atoms with Crippen molar-refractivity contribution in [3.05, 3.63) is 58.1 Å². The maximum Gasteiger partial charge on any atom is 0.303 e. The summed E-state index contributed by atoms with van der Waals surface area (Å²) in [6.45, 7) is 7.68. The molecule has 1 fully saturated rings. The predicted molar refractivity (Wildman–Crippen MR) is 152 cm³/mol. The summed E-state index contributed by atoms with van der Waals surface area (Å²) in [5, 5.41) is 29.2. The van der Waals surface area contributed by atoms with E-state index in [1.54, 1.807) is 15.9 Å². The number of hydrogen-bond acceptors (Lipinski definition) is 7. The molecule has 2 aliphatic heterocycles. The number of hydrogen-bond donors (Lipinski definition) is 4. The number of fused-ring (bicyclic) bond motifs is 1. The second-order valence-corrected chi connectivity index (χ2v) is 13.8.